The highest BCUT2D eigenvalue weighted by Crippen LogP contribution is 2.26. The van der Waals surface area contributed by atoms with Gasteiger partial charge in [-0.05, 0) is 31.5 Å². The predicted molar refractivity (Wildman–Crippen MR) is 78.3 cm³/mol. The van der Waals surface area contributed by atoms with Gasteiger partial charge in [0.1, 0.15) is 22.7 Å². The standard InChI is InChI=1S/C15H16N2O3S/c1-2-3-12-4-5-14(13(8-12)9-16)21(20)17-7-6-15(19,10-17)11-18/h4-5,8,18-19H,6-7,10-11H2,1H3. The van der Waals surface area contributed by atoms with E-state index in [0.29, 0.717) is 29.0 Å². The molecule has 2 unspecified atom stereocenters. The van der Waals surface area contributed by atoms with Crippen molar-refractivity contribution in [3.05, 3.63) is 29.3 Å². The number of aliphatic hydroxyl groups excluding tert-OH is 1. The lowest BCUT2D eigenvalue weighted by Gasteiger charge is -2.20. The highest BCUT2D eigenvalue weighted by molar-refractivity contribution is 7.82. The molecule has 6 heteroatoms. The number of hydrogen-bond donors (Lipinski definition) is 2. The van der Waals surface area contributed by atoms with Crippen LogP contribution in [0.5, 0.6) is 0 Å². The van der Waals surface area contributed by atoms with E-state index in [9.17, 15) is 14.6 Å². The molecule has 110 valence electrons. The summed E-state index contributed by atoms with van der Waals surface area (Å²) in [7, 11) is -1.54. The number of aliphatic hydroxyl groups is 2. The van der Waals surface area contributed by atoms with Gasteiger partial charge in [0.25, 0.3) is 0 Å². The Labute approximate surface area is 126 Å². The minimum Gasteiger partial charge on any atom is -0.393 e. The Morgan fingerprint density at radius 3 is 2.86 bits per heavy atom. The lowest BCUT2D eigenvalue weighted by molar-refractivity contribution is -0.000503. The predicted octanol–water partition coefficient (Wildman–Crippen LogP) is 0.381. The molecular weight excluding hydrogens is 288 g/mol. The van der Waals surface area contributed by atoms with Gasteiger partial charge in [-0.2, -0.15) is 5.26 Å². The van der Waals surface area contributed by atoms with Gasteiger partial charge in [0.05, 0.1) is 17.1 Å². The van der Waals surface area contributed by atoms with Crippen LogP contribution in [0.4, 0.5) is 0 Å². The van der Waals surface area contributed by atoms with Gasteiger partial charge >= 0.3 is 0 Å². The van der Waals surface area contributed by atoms with Gasteiger partial charge in [0.2, 0.25) is 0 Å². The molecule has 1 aromatic rings. The fourth-order valence-corrected chi connectivity index (χ4v) is 3.59. The summed E-state index contributed by atoms with van der Waals surface area (Å²) in [5, 5.41) is 28.4. The summed E-state index contributed by atoms with van der Waals surface area (Å²) in [4.78, 5) is 0.404. The molecular formula is C15H16N2O3S. The fourth-order valence-electron chi connectivity index (χ4n) is 2.22. The molecule has 5 nitrogen and oxygen atoms in total. The third-order valence-corrected chi connectivity index (χ3v) is 4.90. The molecule has 2 N–H and O–H groups in total. The lowest BCUT2D eigenvalue weighted by atomic mass is 10.1. The third kappa shape index (κ3) is 3.31. The van der Waals surface area contributed by atoms with Crippen LogP contribution in [0, 0.1) is 23.2 Å². The zero-order chi connectivity index (χ0) is 15.5. The number of nitriles is 1. The van der Waals surface area contributed by atoms with Crippen LogP contribution in [0.2, 0.25) is 0 Å². The second-order valence-electron chi connectivity index (χ2n) is 4.94. The van der Waals surface area contributed by atoms with Gasteiger partial charge in [-0.3, -0.25) is 0 Å². The van der Waals surface area contributed by atoms with Crippen LogP contribution in [-0.4, -0.2) is 44.0 Å². The lowest BCUT2D eigenvalue weighted by Crippen LogP contribution is -2.37. The normalized spacial score (nSPS) is 23.1. The Balaban J connectivity index is 2.28. The van der Waals surface area contributed by atoms with Crippen LogP contribution in [0.15, 0.2) is 23.1 Å². The van der Waals surface area contributed by atoms with E-state index < -0.39 is 16.6 Å². The van der Waals surface area contributed by atoms with Crippen molar-refractivity contribution in [3.63, 3.8) is 0 Å². The number of β-amino-alcohol motifs (C(OH)–C–C–N with tert-alkyl or cyclic N) is 1. The first-order valence-corrected chi connectivity index (χ1v) is 7.60. The van der Waals surface area contributed by atoms with Gasteiger partial charge in [0, 0.05) is 18.7 Å². The summed E-state index contributed by atoms with van der Waals surface area (Å²) >= 11 is 0. The van der Waals surface area contributed by atoms with E-state index in [4.69, 9.17) is 5.11 Å². The van der Waals surface area contributed by atoms with E-state index in [1.54, 1.807) is 29.4 Å². The molecule has 0 aliphatic carbocycles. The molecule has 1 aliphatic rings. The van der Waals surface area contributed by atoms with Crippen LogP contribution >= 0.6 is 0 Å². The SMILES string of the molecule is CC#Cc1ccc(S(=O)N2CCC(O)(CO)C2)c(C#N)c1. The molecule has 0 bridgehead atoms. The number of hydrogen-bond acceptors (Lipinski definition) is 4. The van der Waals surface area contributed by atoms with Crippen molar-refractivity contribution in [2.24, 2.45) is 0 Å². The summed E-state index contributed by atoms with van der Waals surface area (Å²) in [5.74, 6) is 5.60. The average Bonchev–Trinajstić information content (AvgIpc) is 2.90. The number of benzene rings is 1. The monoisotopic (exact) mass is 304 g/mol. The maximum absolute atomic E-state index is 12.6. The van der Waals surface area contributed by atoms with Crippen molar-refractivity contribution in [2.75, 3.05) is 19.7 Å². The third-order valence-electron chi connectivity index (χ3n) is 3.38. The van der Waals surface area contributed by atoms with E-state index >= 15 is 0 Å². The first-order chi connectivity index (χ1) is 10.0. The molecule has 2 atom stereocenters. The van der Waals surface area contributed by atoms with Gasteiger partial charge in [-0.15, -0.1) is 5.92 Å². The van der Waals surface area contributed by atoms with Crippen molar-refractivity contribution < 1.29 is 14.4 Å². The molecule has 1 heterocycles. The molecule has 21 heavy (non-hydrogen) atoms. The first kappa shape index (κ1) is 15.7. The van der Waals surface area contributed by atoms with Crippen LogP contribution in [0.1, 0.15) is 24.5 Å². The van der Waals surface area contributed by atoms with E-state index in [0.717, 1.165) is 0 Å². The maximum Gasteiger partial charge on any atom is 0.129 e. The van der Waals surface area contributed by atoms with Crippen molar-refractivity contribution in [2.45, 2.75) is 23.8 Å². The Morgan fingerprint density at radius 2 is 2.29 bits per heavy atom. The number of rotatable bonds is 3. The van der Waals surface area contributed by atoms with E-state index in [-0.39, 0.29) is 13.2 Å². The highest BCUT2D eigenvalue weighted by atomic mass is 32.2. The van der Waals surface area contributed by atoms with Gasteiger partial charge in [-0.25, -0.2) is 8.51 Å². The Kier molecular flexibility index (Phi) is 4.76. The number of nitrogens with zero attached hydrogens (tertiary/aromatic N) is 2. The Bertz CT molecular complexity index is 672. The van der Waals surface area contributed by atoms with E-state index in [1.807, 2.05) is 6.07 Å². The van der Waals surface area contributed by atoms with Crippen molar-refractivity contribution in [1.29, 1.82) is 5.26 Å². The average molecular weight is 304 g/mol. The second kappa shape index (κ2) is 6.38. The van der Waals surface area contributed by atoms with Crippen LogP contribution in [0.3, 0.4) is 0 Å². The summed E-state index contributed by atoms with van der Waals surface area (Å²) in [6.07, 6.45) is 0.358. The second-order valence-corrected chi connectivity index (χ2v) is 6.40. The quantitative estimate of drug-likeness (QED) is 0.791. The van der Waals surface area contributed by atoms with Crippen molar-refractivity contribution >= 4 is 11.0 Å². The van der Waals surface area contributed by atoms with Crippen molar-refractivity contribution in [3.8, 4) is 17.9 Å². The Hall–Kier alpha value is -1.70. The topological polar surface area (TPSA) is 84.6 Å². The highest BCUT2D eigenvalue weighted by Gasteiger charge is 2.38. The molecule has 1 aromatic carbocycles. The van der Waals surface area contributed by atoms with Crippen LogP contribution < -0.4 is 0 Å². The van der Waals surface area contributed by atoms with E-state index in [1.165, 1.54) is 0 Å². The summed E-state index contributed by atoms with van der Waals surface area (Å²) in [6, 6.07) is 6.99. The van der Waals surface area contributed by atoms with Gasteiger partial charge in [-0.1, -0.05) is 5.92 Å². The smallest absolute Gasteiger partial charge is 0.129 e. The summed E-state index contributed by atoms with van der Waals surface area (Å²) < 4.78 is 14.1. The van der Waals surface area contributed by atoms with Gasteiger partial charge < -0.3 is 10.2 Å². The first-order valence-electron chi connectivity index (χ1n) is 6.50. The Morgan fingerprint density at radius 1 is 1.52 bits per heavy atom. The van der Waals surface area contributed by atoms with E-state index in [2.05, 4.69) is 11.8 Å². The summed E-state index contributed by atoms with van der Waals surface area (Å²) in [6.45, 7) is 1.87. The van der Waals surface area contributed by atoms with Gasteiger partial charge in [0.15, 0.2) is 0 Å². The molecule has 0 saturated carbocycles. The summed E-state index contributed by atoms with van der Waals surface area (Å²) in [5.41, 5.74) is -0.202. The zero-order valence-electron chi connectivity index (χ0n) is 11.7. The van der Waals surface area contributed by atoms with Crippen LogP contribution in [0.25, 0.3) is 0 Å². The molecule has 0 amide bonds. The fraction of sp³-hybridized carbons (Fsp3) is 0.400. The molecule has 1 aliphatic heterocycles. The molecule has 1 saturated heterocycles. The maximum atomic E-state index is 12.6. The van der Waals surface area contributed by atoms with Crippen LogP contribution in [-0.2, 0) is 11.0 Å². The molecule has 0 spiro atoms. The molecule has 1 fully saturated rings. The molecule has 0 aromatic heterocycles. The molecule has 2 rings (SSSR count). The molecule has 0 radical (unpaired) electrons. The zero-order valence-corrected chi connectivity index (χ0v) is 12.5. The van der Waals surface area contributed by atoms with Crippen molar-refractivity contribution in [1.82, 2.24) is 4.31 Å². The minimum atomic E-state index is -1.54. The largest absolute Gasteiger partial charge is 0.393 e. The minimum absolute atomic E-state index is 0.123.